The molecule has 1 aromatic carbocycles. The Kier molecular flexibility index (Phi) is 2.35. The third-order valence-electron chi connectivity index (χ3n) is 3.45. The minimum atomic E-state index is 0.0162. The number of aromatic nitrogens is 2. The van der Waals surface area contributed by atoms with Crippen molar-refractivity contribution < 1.29 is 4.79 Å². The van der Waals surface area contributed by atoms with E-state index >= 15 is 0 Å². The molecular formula is C13H15N3O. The van der Waals surface area contributed by atoms with Crippen molar-refractivity contribution in [3.8, 4) is 0 Å². The first-order valence-corrected chi connectivity index (χ1v) is 6.02. The minimum Gasteiger partial charge on any atom is -0.349 e. The van der Waals surface area contributed by atoms with E-state index in [0.29, 0.717) is 17.5 Å². The van der Waals surface area contributed by atoms with Crippen LogP contribution < -0.4 is 5.32 Å². The number of fused-ring (bicyclic) bond motifs is 1. The van der Waals surface area contributed by atoms with Crippen molar-refractivity contribution in [1.29, 1.82) is 0 Å². The topological polar surface area (TPSA) is 57.8 Å². The molecule has 0 aliphatic heterocycles. The molecule has 0 bridgehead atoms. The van der Waals surface area contributed by atoms with Crippen LogP contribution in [0.2, 0.25) is 0 Å². The number of H-pyrrole nitrogens is 1. The maximum absolute atomic E-state index is 12.0. The third kappa shape index (κ3) is 1.90. The fraction of sp³-hybridized carbons (Fsp3) is 0.385. The molecule has 4 heteroatoms. The van der Waals surface area contributed by atoms with Crippen LogP contribution in [0.3, 0.4) is 0 Å². The maximum atomic E-state index is 12.0. The van der Waals surface area contributed by atoms with E-state index in [1.54, 1.807) is 6.33 Å². The lowest BCUT2D eigenvalue weighted by atomic mass is 10.2. The van der Waals surface area contributed by atoms with Gasteiger partial charge in [-0.25, -0.2) is 4.98 Å². The van der Waals surface area contributed by atoms with E-state index in [9.17, 15) is 4.79 Å². The molecule has 4 nitrogen and oxygen atoms in total. The Morgan fingerprint density at radius 2 is 2.47 bits per heavy atom. The molecule has 17 heavy (non-hydrogen) atoms. The molecule has 0 radical (unpaired) electrons. The lowest BCUT2D eigenvalue weighted by Crippen LogP contribution is -2.26. The predicted molar refractivity (Wildman–Crippen MR) is 65.7 cm³/mol. The zero-order valence-corrected chi connectivity index (χ0v) is 9.73. The van der Waals surface area contributed by atoms with Gasteiger partial charge in [0.05, 0.1) is 17.4 Å². The van der Waals surface area contributed by atoms with Crippen LogP contribution in [0.4, 0.5) is 0 Å². The molecule has 2 aromatic rings. The predicted octanol–water partition coefficient (Wildman–Crippen LogP) is 2.09. The molecule has 1 aromatic heterocycles. The highest BCUT2D eigenvalue weighted by Gasteiger charge is 2.36. The van der Waals surface area contributed by atoms with Crippen molar-refractivity contribution in [1.82, 2.24) is 15.3 Å². The molecule has 1 saturated carbocycles. The fourth-order valence-corrected chi connectivity index (χ4v) is 2.20. The van der Waals surface area contributed by atoms with Gasteiger partial charge in [0.1, 0.15) is 0 Å². The molecule has 1 fully saturated rings. The van der Waals surface area contributed by atoms with Gasteiger partial charge in [-0.05, 0) is 30.5 Å². The standard InChI is InChI=1S/C13H15N3O/c1-2-8-5-11(8)16-13(17)9-3-4-10-12(6-9)15-7-14-10/h3-4,6-8,11H,2,5H2,1H3,(H,14,15)(H,16,17). The summed E-state index contributed by atoms with van der Waals surface area (Å²) >= 11 is 0. The number of rotatable bonds is 3. The first-order chi connectivity index (χ1) is 8.28. The zero-order valence-electron chi connectivity index (χ0n) is 9.73. The van der Waals surface area contributed by atoms with E-state index in [-0.39, 0.29) is 5.91 Å². The molecule has 1 amide bonds. The van der Waals surface area contributed by atoms with Crippen LogP contribution >= 0.6 is 0 Å². The Hall–Kier alpha value is -1.84. The summed E-state index contributed by atoms with van der Waals surface area (Å²) in [6, 6.07) is 5.92. The highest BCUT2D eigenvalue weighted by Crippen LogP contribution is 2.33. The summed E-state index contributed by atoms with van der Waals surface area (Å²) in [7, 11) is 0. The number of hydrogen-bond donors (Lipinski definition) is 2. The fourth-order valence-electron chi connectivity index (χ4n) is 2.20. The second-order valence-electron chi connectivity index (χ2n) is 4.62. The van der Waals surface area contributed by atoms with Crippen molar-refractivity contribution in [2.45, 2.75) is 25.8 Å². The van der Waals surface area contributed by atoms with E-state index in [2.05, 4.69) is 22.2 Å². The molecule has 3 rings (SSSR count). The number of amides is 1. The zero-order chi connectivity index (χ0) is 11.8. The third-order valence-corrected chi connectivity index (χ3v) is 3.45. The van der Waals surface area contributed by atoms with Crippen LogP contribution in [-0.2, 0) is 0 Å². The van der Waals surface area contributed by atoms with Crippen molar-refractivity contribution in [2.75, 3.05) is 0 Å². The molecule has 2 unspecified atom stereocenters. The van der Waals surface area contributed by atoms with Gasteiger partial charge in [-0.15, -0.1) is 0 Å². The average molecular weight is 229 g/mol. The smallest absolute Gasteiger partial charge is 0.251 e. The Labute approximate surface area is 99.4 Å². The lowest BCUT2D eigenvalue weighted by molar-refractivity contribution is 0.0949. The SMILES string of the molecule is CCC1CC1NC(=O)c1ccc2nc[nH]c2c1. The number of nitrogens with zero attached hydrogens (tertiary/aromatic N) is 1. The first-order valence-electron chi connectivity index (χ1n) is 6.02. The van der Waals surface area contributed by atoms with E-state index in [0.717, 1.165) is 23.9 Å². The van der Waals surface area contributed by atoms with E-state index < -0.39 is 0 Å². The molecule has 2 atom stereocenters. The van der Waals surface area contributed by atoms with Gasteiger partial charge < -0.3 is 10.3 Å². The van der Waals surface area contributed by atoms with Gasteiger partial charge in [0.2, 0.25) is 0 Å². The van der Waals surface area contributed by atoms with Crippen molar-refractivity contribution in [3.63, 3.8) is 0 Å². The van der Waals surface area contributed by atoms with Crippen molar-refractivity contribution >= 4 is 16.9 Å². The first kappa shape index (κ1) is 10.3. The minimum absolute atomic E-state index is 0.0162. The summed E-state index contributed by atoms with van der Waals surface area (Å²) in [6.07, 6.45) is 3.90. The number of benzene rings is 1. The van der Waals surface area contributed by atoms with Gasteiger partial charge in [0.15, 0.2) is 0 Å². The summed E-state index contributed by atoms with van der Waals surface area (Å²) in [5.74, 6) is 0.692. The van der Waals surface area contributed by atoms with Gasteiger partial charge >= 0.3 is 0 Å². The van der Waals surface area contributed by atoms with Crippen LogP contribution in [0.5, 0.6) is 0 Å². The van der Waals surface area contributed by atoms with Crippen LogP contribution in [0.25, 0.3) is 11.0 Å². The van der Waals surface area contributed by atoms with Gasteiger partial charge in [-0.2, -0.15) is 0 Å². The summed E-state index contributed by atoms with van der Waals surface area (Å²) in [5, 5.41) is 3.05. The van der Waals surface area contributed by atoms with Gasteiger partial charge in [-0.1, -0.05) is 13.3 Å². The molecule has 0 saturated heterocycles. The molecule has 0 spiro atoms. The Morgan fingerprint density at radius 1 is 1.59 bits per heavy atom. The number of imidazole rings is 1. The molecular weight excluding hydrogens is 214 g/mol. The van der Waals surface area contributed by atoms with Crippen LogP contribution in [0, 0.1) is 5.92 Å². The van der Waals surface area contributed by atoms with Crippen molar-refractivity contribution in [2.24, 2.45) is 5.92 Å². The van der Waals surface area contributed by atoms with Gasteiger partial charge in [-0.3, -0.25) is 4.79 Å². The Balaban J connectivity index is 1.76. The van der Waals surface area contributed by atoms with Gasteiger partial charge in [0.25, 0.3) is 5.91 Å². The summed E-state index contributed by atoms with van der Waals surface area (Å²) in [6.45, 7) is 2.16. The number of nitrogens with one attached hydrogen (secondary N) is 2. The molecule has 1 heterocycles. The van der Waals surface area contributed by atoms with Crippen molar-refractivity contribution in [3.05, 3.63) is 30.1 Å². The maximum Gasteiger partial charge on any atom is 0.251 e. The molecule has 88 valence electrons. The molecule has 2 N–H and O–H groups in total. The lowest BCUT2D eigenvalue weighted by Gasteiger charge is -2.04. The van der Waals surface area contributed by atoms with E-state index in [4.69, 9.17) is 0 Å². The summed E-state index contributed by atoms with van der Waals surface area (Å²) < 4.78 is 0. The monoisotopic (exact) mass is 229 g/mol. The largest absolute Gasteiger partial charge is 0.349 e. The molecule has 1 aliphatic carbocycles. The highest BCUT2D eigenvalue weighted by atomic mass is 16.1. The second kappa shape index (κ2) is 3.87. The Morgan fingerprint density at radius 3 is 3.24 bits per heavy atom. The summed E-state index contributed by atoms with van der Waals surface area (Å²) in [4.78, 5) is 19.1. The van der Waals surface area contributed by atoms with Crippen LogP contribution in [0.15, 0.2) is 24.5 Å². The van der Waals surface area contributed by atoms with E-state index in [1.165, 1.54) is 0 Å². The van der Waals surface area contributed by atoms with Crippen LogP contribution in [-0.4, -0.2) is 21.9 Å². The Bertz CT molecular complexity index is 561. The van der Waals surface area contributed by atoms with E-state index in [1.807, 2.05) is 18.2 Å². The average Bonchev–Trinajstić information content (AvgIpc) is 2.92. The molecule has 1 aliphatic rings. The number of carbonyl (C=O) groups excluding carboxylic acids is 1. The summed E-state index contributed by atoms with van der Waals surface area (Å²) in [5.41, 5.74) is 2.49. The number of aromatic amines is 1. The van der Waals surface area contributed by atoms with Crippen LogP contribution in [0.1, 0.15) is 30.1 Å². The number of carbonyl (C=O) groups is 1. The highest BCUT2D eigenvalue weighted by molar-refractivity contribution is 5.97. The number of hydrogen-bond acceptors (Lipinski definition) is 2. The van der Waals surface area contributed by atoms with Gasteiger partial charge in [0, 0.05) is 11.6 Å². The normalized spacial score (nSPS) is 22.6. The second-order valence-corrected chi connectivity index (χ2v) is 4.62. The quantitative estimate of drug-likeness (QED) is 0.846.